The normalized spacial score (nSPS) is 13.1. The van der Waals surface area contributed by atoms with Crippen LogP contribution in [0.1, 0.15) is 0 Å². The van der Waals surface area contributed by atoms with Gasteiger partial charge in [0.1, 0.15) is 0 Å². The minimum atomic E-state index is -4.69. The topological polar surface area (TPSA) is 61.4 Å². The van der Waals surface area contributed by atoms with Crippen LogP contribution >= 0.6 is 15.9 Å². The van der Waals surface area contributed by atoms with Gasteiger partial charge in [0.25, 0.3) is 0 Å². The fourth-order valence-corrected chi connectivity index (χ4v) is 1.58. The third-order valence-corrected chi connectivity index (χ3v) is 2.84. The lowest BCUT2D eigenvalue weighted by Crippen LogP contribution is -2.41. The van der Waals surface area contributed by atoms with Gasteiger partial charge in [-0.1, -0.05) is 12.1 Å². The summed E-state index contributed by atoms with van der Waals surface area (Å²) in [6, 6.07) is 6.84. The van der Waals surface area contributed by atoms with Crippen molar-refractivity contribution < 1.29 is 23.1 Å². The molecule has 0 aliphatic carbocycles. The van der Waals surface area contributed by atoms with E-state index < -0.39 is 24.7 Å². The molecule has 0 fully saturated rings. The summed E-state index contributed by atoms with van der Waals surface area (Å²) < 4.78 is 36.6. The van der Waals surface area contributed by atoms with Gasteiger partial charge in [0, 0.05) is 11.0 Å². The number of amides is 1. The van der Waals surface area contributed by atoms with Gasteiger partial charge in [0.15, 0.2) is 6.10 Å². The molecular formula is C11H12BrF3N2O2. The van der Waals surface area contributed by atoms with Gasteiger partial charge in [-0.2, -0.15) is 13.2 Å². The first-order valence-corrected chi connectivity index (χ1v) is 6.10. The van der Waals surface area contributed by atoms with Gasteiger partial charge in [-0.3, -0.25) is 4.79 Å². The van der Waals surface area contributed by atoms with Gasteiger partial charge < -0.3 is 15.7 Å². The number of carbonyl (C=O) groups is 1. The van der Waals surface area contributed by atoms with Crippen molar-refractivity contribution in [1.82, 2.24) is 5.32 Å². The molecule has 106 valence electrons. The van der Waals surface area contributed by atoms with Crippen LogP contribution in [0.25, 0.3) is 0 Å². The summed E-state index contributed by atoms with van der Waals surface area (Å²) >= 11 is 3.22. The molecule has 1 atom stereocenters. The number of anilines is 1. The molecular weight excluding hydrogens is 329 g/mol. The van der Waals surface area contributed by atoms with Crippen LogP contribution in [-0.4, -0.2) is 36.4 Å². The molecule has 3 N–H and O–H groups in total. The minimum absolute atomic E-state index is 0.325. The van der Waals surface area contributed by atoms with Gasteiger partial charge >= 0.3 is 6.18 Å². The molecule has 0 aliphatic heterocycles. The Hall–Kier alpha value is -1.12. The molecule has 0 aliphatic rings. The van der Waals surface area contributed by atoms with Gasteiger partial charge in [0.2, 0.25) is 5.91 Å². The lowest BCUT2D eigenvalue weighted by molar-refractivity contribution is -0.201. The highest BCUT2D eigenvalue weighted by atomic mass is 79.9. The second kappa shape index (κ2) is 6.88. The monoisotopic (exact) mass is 340 g/mol. The number of para-hydroxylation sites is 1. The number of aliphatic hydroxyl groups is 1. The number of carbonyl (C=O) groups excluding carboxylic acids is 1. The number of hydrogen-bond acceptors (Lipinski definition) is 3. The van der Waals surface area contributed by atoms with E-state index in [0.717, 1.165) is 0 Å². The maximum atomic E-state index is 12.0. The molecule has 0 bridgehead atoms. The van der Waals surface area contributed by atoms with Crippen LogP contribution in [0.15, 0.2) is 28.7 Å². The average Bonchev–Trinajstić information content (AvgIpc) is 2.31. The number of halogens is 4. The van der Waals surface area contributed by atoms with E-state index in [1.54, 1.807) is 24.3 Å². The summed E-state index contributed by atoms with van der Waals surface area (Å²) in [6.07, 6.45) is -7.17. The fraction of sp³-hybridized carbons (Fsp3) is 0.364. The number of nitrogens with one attached hydrogen (secondary N) is 2. The van der Waals surface area contributed by atoms with Gasteiger partial charge in [0.05, 0.1) is 12.2 Å². The smallest absolute Gasteiger partial charge is 0.382 e. The lowest BCUT2D eigenvalue weighted by Gasteiger charge is -2.15. The summed E-state index contributed by atoms with van der Waals surface area (Å²) in [4.78, 5) is 11.4. The largest absolute Gasteiger partial charge is 0.415 e. The molecule has 0 aromatic heterocycles. The third-order valence-electron chi connectivity index (χ3n) is 2.15. The predicted molar refractivity (Wildman–Crippen MR) is 67.7 cm³/mol. The van der Waals surface area contributed by atoms with Crippen LogP contribution in [0.5, 0.6) is 0 Å². The zero-order valence-corrected chi connectivity index (χ0v) is 11.3. The van der Waals surface area contributed by atoms with E-state index in [1.807, 2.05) is 0 Å². The molecule has 19 heavy (non-hydrogen) atoms. The Morgan fingerprint density at radius 1 is 1.37 bits per heavy atom. The van der Waals surface area contributed by atoms with E-state index in [1.165, 1.54) is 0 Å². The van der Waals surface area contributed by atoms with Crippen molar-refractivity contribution in [3.63, 3.8) is 0 Å². The third kappa shape index (κ3) is 5.58. The molecule has 0 saturated heterocycles. The molecule has 1 aromatic rings. The molecule has 1 rings (SSSR count). The molecule has 1 unspecified atom stereocenters. The number of rotatable bonds is 5. The highest BCUT2D eigenvalue weighted by Crippen LogP contribution is 2.21. The van der Waals surface area contributed by atoms with Crippen LogP contribution in [0.2, 0.25) is 0 Å². The van der Waals surface area contributed by atoms with Crippen LogP contribution in [0.3, 0.4) is 0 Å². The second-order valence-corrected chi connectivity index (χ2v) is 4.57. The Morgan fingerprint density at radius 3 is 2.58 bits per heavy atom. The first kappa shape index (κ1) is 15.9. The maximum absolute atomic E-state index is 12.0. The van der Waals surface area contributed by atoms with Crippen molar-refractivity contribution in [2.75, 3.05) is 18.4 Å². The first-order chi connectivity index (χ1) is 8.80. The summed E-state index contributed by atoms with van der Waals surface area (Å²) in [5.41, 5.74) is 0.519. The average molecular weight is 341 g/mol. The number of alkyl halides is 3. The number of hydrogen-bond donors (Lipinski definition) is 3. The van der Waals surface area contributed by atoms with E-state index in [0.29, 0.717) is 10.2 Å². The van der Waals surface area contributed by atoms with E-state index in [2.05, 4.69) is 26.6 Å². The summed E-state index contributed by atoms with van der Waals surface area (Å²) in [6.45, 7) is -1.05. The zero-order valence-electron chi connectivity index (χ0n) is 9.67. The molecule has 1 aromatic carbocycles. The van der Waals surface area contributed by atoms with Crippen molar-refractivity contribution in [2.24, 2.45) is 0 Å². The first-order valence-electron chi connectivity index (χ1n) is 5.30. The number of aliphatic hydroxyl groups excluding tert-OH is 1. The van der Waals surface area contributed by atoms with Crippen molar-refractivity contribution in [1.29, 1.82) is 0 Å². The van der Waals surface area contributed by atoms with Gasteiger partial charge in [-0.25, -0.2) is 0 Å². The number of benzene rings is 1. The van der Waals surface area contributed by atoms with E-state index >= 15 is 0 Å². The Labute approximate surface area is 116 Å². The van der Waals surface area contributed by atoms with Crippen LogP contribution in [0.4, 0.5) is 18.9 Å². The summed E-state index contributed by atoms with van der Waals surface area (Å²) in [5, 5.41) is 13.5. The van der Waals surface area contributed by atoms with Crippen molar-refractivity contribution in [3.05, 3.63) is 28.7 Å². The maximum Gasteiger partial charge on any atom is 0.415 e. The van der Waals surface area contributed by atoms with E-state index in [4.69, 9.17) is 5.11 Å². The van der Waals surface area contributed by atoms with Gasteiger partial charge in [-0.05, 0) is 28.1 Å². The van der Waals surface area contributed by atoms with Gasteiger partial charge in [-0.15, -0.1) is 0 Å². The molecule has 4 nitrogen and oxygen atoms in total. The Bertz CT molecular complexity index is 440. The molecule has 1 amide bonds. The fourth-order valence-electron chi connectivity index (χ4n) is 1.20. The highest BCUT2D eigenvalue weighted by molar-refractivity contribution is 9.10. The van der Waals surface area contributed by atoms with Crippen molar-refractivity contribution in [3.8, 4) is 0 Å². The molecule has 0 saturated carbocycles. The quantitative estimate of drug-likeness (QED) is 0.767. The molecule has 0 heterocycles. The molecule has 0 radical (unpaired) electrons. The van der Waals surface area contributed by atoms with Crippen molar-refractivity contribution in [2.45, 2.75) is 12.3 Å². The molecule has 8 heteroatoms. The Morgan fingerprint density at radius 2 is 2.00 bits per heavy atom. The second-order valence-electron chi connectivity index (χ2n) is 3.72. The van der Waals surface area contributed by atoms with E-state index in [-0.39, 0.29) is 6.54 Å². The SMILES string of the molecule is O=C(CNCC(O)C(F)(F)F)Nc1ccccc1Br. The van der Waals surface area contributed by atoms with E-state index in [9.17, 15) is 18.0 Å². The predicted octanol–water partition coefficient (Wildman–Crippen LogP) is 1.90. The Balaban J connectivity index is 2.35. The lowest BCUT2D eigenvalue weighted by atomic mass is 10.3. The van der Waals surface area contributed by atoms with Crippen LogP contribution in [0, 0.1) is 0 Å². The van der Waals surface area contributed by atoms with Crippen LogP contribution in [-0.2, 0) is 4.79 Å². The minimum Gasteiger partial charge on any atom is -0.382 e. The zero-order chi connectivity index (χ0) is 14.5. The molecule has 0 spiro atoms. The highest BCUT2D eigenvalue weighted by Gasteiger charge is 2.37. The summed E-state index contributed by atoms with van der Waals surface area (Å²) in [7, 11) is 0. The Kier molecular flexibility index (Phi) is 5.77. The van der Waals surface area contributed by atoms with Crippen LogP contribution < -0.4 is 10.6 Å². The standard InChI is InChI=1S/C11H12BrF3N2O2/c12-7-3-1-2-4-8(7)17-10(19)6-16-5-9(18)11(13,14)15/h1-4,9,16,18H,5-6H2,(H,17,19). The summed E-state index contributed by atoms with van der Waals surface area (Å²) in [5.74, 6) is -0.499. The van der Waals surface area contributed by atoms with Crippen molar-refractivity contribution >= 4 is 27.5 Å².